The molecule has 2 aromatic rings. The number of nitrogens with zero attached hydrogens (tertiary/aromatic N) is 4. The maximum absolute atomic E-state index is 12.7. The van der Waals surface area contributed by atoms with Crippen LogP contribution in [0.1, 0.15) is 53.9 Å². The van der Waals surface area contributed by atoms with Crippen molar-refractivity contribution in [3.05, 3.63) is 16.0 Å². The average molecular weight is 466 g/mol. The molecular weight excluding hydrogens is 438 g/mol. The molecule has 0 saturated carbocycles. The fraction of sp³-hybridized carbons (Fsp3) is 0.650. The minimum absolute atomic E-state index is 0.114. The average Bonchev–Trinajstić information content (AvgIpc) is 3.47. The number of carbonyl (C=O) groups excluding carboxylic acids is 2. The lowest BCUT2D eigenvalue weighted by atomic mass is 9.88. The first-order valence-corrected chi connectivity index (χ1v) is 12.5. The maximum Gasteiger partial charge on any atom is 0.341 e. The van der Waals surface area contributed by atoms with Gasteiger partial charge in [-0.1, -0.05) is 18.7 Å². The zero-order valence-electron chi connectivity index (χ0n) is 17.8. The minimum Gasteiger partial charge on any atom is -0.462 e. The summed E-state index contributed by atoms with van der Waals surface area (Å²) in [4.78, 5) is 26.5. The first-order valence-electron chi connectivity index (χ1n) is 10.7. The van der Waals surface area contributed by atoms with E-state index in [0.29, 0.717) is 34.8 Å². The molecule has 1 fully saturated rings. The van der Waals surface area contributed by atoms with Gasteiger partial charge in [-0.3, -0.25) is 4.79 Å². The van der Waals surface area contributed by atoms with Crippen LogP contribution < -0.4 is 5.32 Å². The number of rotatable bonds is 8. The van der Waals surface area contributed by atoms with Gasteiger partial charge in [0.25, 0.3) is 0 Å². The Morgan fingerprint density at radius 3 is 3.03 bits per heavy atom. The van der Waals surface area contributed by atoms with Gasteiger partial charge in [-0.25, -0.2) is 9.48 Å². The van der Waals surface area contributed by atoms with Crippen molar-refractivity contribution in [2.45, 2.75) is 63.8 Å². The Morgan fingerprint density at radius 2 is 2.26 bits per heavy atom. The highest BCUT2D eigenvalue weighted by Gasteiger charge is 2.29. The molecule has 1 aliphatic heterocycles. The molecule has 0 spiro atoms. The van der Waals surface area contributed by atoms with Gasteiger partial charge in [0.1, 0.15) is 5.00 Å². The fourth-order valence-electron chi connectivity index (χ4n) is 3.95. The summed E-state index contributed by atoms with van der Waals surface area (Å²) in [7, 11) is 0. The summed E-state index contributed by atoms with van der Waals surface area (Å²) in [5.74, 6) is 0.155. The Bertz CT molecular complexity index is 938. The normalized spacial score (nSPS) is 20.5. The number of fused-ring (bicyclic) bond motifs is 1. The molecule has 1 amide bonds. The van der Waals surface area contributed by atoms with Crippen molar-refractivity contribution in [3.8, 4) is 0 Å². The van der Waals surface area contributed by atoms with E-state index in [1.807, 2.05) is 0 Å². The second-order valence-electron chi connectivity index (χ2n) is 7.89. The van der Waals surface area contributed by atoms with Gasteiger partial charge in [-0.2, -0.15) is 0 Å². The second-order valence-corrected chi connectivity index (χ2v) is 9.94. The molecule has 0 radical (unpaired) electrons. The largest absolute Gasteiger partial charge is 0.462 e. The number of thiophene rings is 1. The number of hydrogen-bond acceptors (Lipinski definition) is 9. The van der Waals surface area contributed by atoms with Crippen LogP contribution in [0.15, 0.2) is 5.16 Å². The number of tetrazole rings is 1. The van der Waals surface area contributed by atoms with E-state index < -0.39 is 0 Å². The summed E-state index contributed by atoms with van der Waals surface area (Å²) in [5, 5.41) is 15.9. The molecule has 168 valence electrons. The summed E-state index contributed by atoms with van der Waals surface area (Å²) in [6.07, 6.45) is 4.95. The third kappa shape index (κ3) is 5.27. The summed E-state index contributed by atoms with van der Waals surface area (Å²) in [5.41, 5.74) is 1.56. The van der Waals surface area contributed by atoms with Crippen LogP contribution in [0.3, 0.4) is 0 Å². The van der Waals surface area contributed by atoms with Crippen molar-refractivity contribution in [2.75, 3.05) is 24.3 Å². The number of carbonyl (C=O) groups is 2. The fourth-order valence-corrected chi connectivity index (χ4v) is 6.05. The number of hydrogen-bond donors (Lipinski definition) is 1. The van der Waals surface area contributed by atoms with E-state index in [0.717, 1.165) is 44.3 Å². The van der Waals surface area contributed by atoms with Crippen molar-refractivity contribution >= 4 is 40.0 Å². The van der Waals surface area contributed by atoms with Crippen LogP contribution >= 0.6 is 23.1 Å². The highest BCUT2D eigenvalue weighted by molar-refractivity contribution is 7.99. The smallest absolute Gasteiger partial charge is 0.341 e. The first-order chi connectivity index (χ1) is 15.0. The molecule has 1 aliphatic carbocycles. The number of anilines is 1. The number of aromatic nitrogens is 4. The SMILES string of the molecule is CCOC(=O)c1c(NC(=O)CSc2nnnn2CC2CCCO2)sc2c1CCC(C)C2. The van der Waals surface area contributed by atoms with Crippen LogP contribution in [0.4, 0.5) is 5.00 Å². The Balaban J connectivity index is 1.42. The van der Waals surface area contributed by atoms with Crippen molar-refractivity contribution in [1.29, 1.82) is 0 Å². The Morgan fingerprint density at radius 1 is 1.39 bits per heavy atom. The standard InChI is InChI=1S/C20H27N5O4S2/c1-3-28-19(27)17-14-7-6-12(2)9-15(14)31-18(17)21-16(26)11-30-20-22-23-24-25(20)10-13-5-4-8-29-13/h12-13H,3-11H2,1-2H3,(H,21,26). The van der Waals surface area contributed by atoms with E-state index in [1.165, 1.54) is 28.0 Å². The van der Waals surface area contributed by atoms with Gasteiger partial charge >= 0.3 is 5.97 Å². The third-order valence-electron chi connectivity index (χ3n) is 5.48. The van der Waals surface area contributed by atoms with Crippen LogP contribution in [0.5, 0.6) is 0 Å². The van der Waals surface area contributed by atoms with Crippen molar-refractivity contribution in [1.82, 2.24) is 20.2 Å². The van der Waals surface area contributed by atoms with Gasteiger partial charge in [0.05, 0.1) is 30.6 Å². The molecule has 31 heavy (non-hydrogen) atoms. The first kappa shape index (κ1) is 22.2. The van der Waals surface area contributed by atoms with E-state index >= 15 is 0 Å². The van der Waals surface area contributed by atoms with Crippen LogP contribution in [-0.2, 0) is 33.7 Å². The molecule has 1 saturated heterocycles. The van der Waals surface area contributed by atoms with Crippen LogP contribution in [0, 0.1) is 5.92 Å². The molecule has 11 heteroatoms. The zero-order chi connectivity index (χ0) is 21.8. The predicted molar refractivity (Wildman–Crippen MR) is 118 cm³/mol. The van der Waals surface area contributed by atoms with Gasteiger partial charge < -0.3 is 14.8 Å². The van der Waals surface area contributed by atoms with Crippen LogP contribution in [-0.4, -0.2) is 57.2 Å². The molecule has 0 aromatic carbocycles. The lowest BCUT2D eigenvalue weighted by Gasteiger charge is -2.18. The van der Waals surface area contributed by atoms with Crippen molar-refractivity contribution in [2.24, 2.45) is 5.92 Å². The highest BCUT2D eigenvalue weighted by Crippen LogP contribution is 2.40. The van der Waals surface area contributed by atoms with E-state index in [-0.39, 0.29) is 23.7 Å². The molecule has 3 heterocycles. The lowest BCUT2D eigenvalue weighted by Crippen LogP contribution is -2.19. The van der Waals surface area contributed by atoms with Crippen LogP contribution in [0.2, 0.25) is 0 Å². The summed E-state index contributed by atoms with van der Waals surface area (Å²) in [6, 6.07) is 0. The number of esters is 1. The quantitative estimate of drug-likeness (QED) is 0.468. The van der Waals surface area contributed by atoms with Crippen LogP contribution in [0.25, 0.3) is 0 Å². The Kier molecular flexibility index (Phi) is 7.24. The molecule has 1 N–H and O–H groups in total. The number of amides is 1. The number of nitrogens with one attached hydrogen (secondary N) is 1. The Hall–Kier alpha value is -1.98. The molecule has 0 bridgehead atoms. The number of ether oxygens (including phenoxy) is 2. The third-order valence-corrected chi connectivity index (χ3v) is 7.60. The maximum atomic E-state index is 12.7. The van der Waals surface area contributed by atoms with E-state index in [2.05, 4.69) is 27.8 Å². The lowest BCUT2D eigenvalue weighted by molar-refractivity contribution is -0.113. The van der Waals surface area contributed by atoms with E-state index in [9.17, 15) is 9.59 Å². The van der Waals surface area contributed by atoms with Gasteiger partial charge in [0, 0.05) is 11.5 Å². The number of thioether (sulfide) groups is 1. The van der Waals surface area contributed by atoms with Gasteiger partial charge in [-0.05, 0) is 60.9 Å². The summed E-state index contributed by atoms with van der Waals surface area (Å²) in [6.45, 7) is 5.65. The van der Waals surface area contributed by atoms with Crippen molar-refractivity contribution in [3.63, 3.8) is 0 Å². The minimum atomic E-state index is -0.363. The van der Waals surface area contributed by atoms with Crippen molar-refractivity contribution < 1.29 is 19.1 Å². The molecule has 2 unspecified atom stereocenters. The van der Waals surface area contributed by atoms with E-state index in [4.69, 9.17) is 9.47 Å². The molecule has 4 rings (SSSR count). The van der Waals surface area contributed by atoms with Gasteiger partial charge in [0.2, 0.25) is 11.1 Å². The monoisotopic (exact) mass is 465 g/mol. The second kappa shape index (κ2) is 10.1. The summed E-state index contributed by atoms with van der Waals surface area (Å²) < 4.78 is 12.6. The summed E-state index contributed by atoms with van der Waals surface area (Å²) >= 11 is 2.76. The van der Waals surface area contributed by atoms with E-state index in [1.54, 1.807) is 11.6 Å². The predicted octanol–water partition coefficient (Wildman–Crippen LogP) is 2.95. The molecule has 9 nitrogen and oxygen atoms in total. The Labute approximate surface area is 189 Å². The highest BCUT2D eigenvalue weighted by atomic mass is 32.2. The molecule has 2 aromatic heterocycles. The molecule has 2 atom stereocenters. The molecule has 2 aliphatic rings. The van der Waals surface area contributed by atoms with Gasteiger partial charge in [-0.15, -0.1) is 16.4 Å². The zero-order valence-corrected chi connectivity index (χ0v) is 19.4. The van der Waals surface area contributed by atoms with Gasteiger partial charge in [0.15, 0.2) is 0 Å². The molecular formula is C20H27N5O4S2. The topological polar surface area (TPSA) is 108 Å².